The van der Waals surface area contributed by atoms with Crippen molar-refractivity contribution >= 4 is 5.71 Å². The topological polar surface area (TPSA) is 35.8 Å². The molecule has 0 bridgehead atoms. The molecule has 1 heterocycles. The third-order valence-electron chi connectivity index (χ3n) is 3.13. The lowest BCUT2D eigenvalue weighted by Gasteiger charge is -2.31. The zero-order valence-electron chi connectivity index (χ0n) is 8.24. The summed E-state index contributed by atoms with van der Waals surface area (Å²) >= 11 is 0. The molecule has 1 saturated carbocycles. The minimum Gasteiger partial charge on any atom is -0.411 e. The molecule has 0 aromatic carbocycles. The fourth-order valence-electron chi connectivity index (χ4n) is 2.08. The number of likely N-dealkylation sites (tertiary alicyclic amines) is 1. The standard InChI is InChI=1S/C10H18N2O/c1-8-6-12(7-9-2-3-9)5-4-10(8)11-13/h8-9,13H,2-7H2,1H3. The lowest BCUT2D eigenvalue weighted by atomic mass is 9.97. The molecule has 1 aliphatic carbocycles. The summed E-state index contributed by atoms with van der Waals surface area (Å²) < 4.78 is 0. The SMILES string of the molecule is CC1CN(CC2CC2)CCC1=NO. The molecule has 1 saturated heterocycles. The molecule has 0 spiro atoms. The first-order chi connectivity index (χ1) is 6.29. The molecule has 1 unspecified atom stereocenters. The fourth-order valence-corrected chi connectivity index (χ4v) is 2.08. The van der Waals surface area contributed by atoms with E-state index in [1.807, 2.05) is 0 Å². The molecule has 74 valence electrons. The van der Waals surface area contributed by atoms with Crippen LogP contribution in [0.3, 0.4) is 0 Å². The summed E-state index contributed by atoms with van der Waals surface area (Å²) in [5.74, 6) is 1.41. The predicted molar refractivity (Wildman–Crippen MR) is 52.2 cm³/mol. The first-order valence-electron chi connectivity index (χ1n) is 5.22. The third kappa shape index (κ3) is 2.21. The predicted octanol–water partition coefficient (Wildman–Crippen LogP) is 1.57. The van der Waals surface area contributed by atoms with E-state index in [1.165, 1.54) is 19.4 Å². The van der Waals surface area contributed by atoms with Crippen LogP contribution >= 0.6 is 0 Å². The maximum atomic E-state index is 8.71. The van der Waals surface area contributed by atoms with Crippen molar-refractivity contribution in [2.45, 2.75) is 26.2 Å². The van der Waals surface area contributed by atoms with E-state index in [9.17, 15) is 0 Å². The molecule has 13 heavy (non-hydrogen) atoms. The lowest BCUT2D eigenvalue weighted by molar-refractivity contribution is 0.228. The van der Waals surface area contributed by atoms with Crippen molar-refractivity contribution in [2.75, 3.05) is 19.6 Å². The van der Waals surface area contributed by atoms with Crippen LogP contribution in [0.15, 0.2) is 5.16 Å². The van der Waals surface area contributed by atoms with Crippen molar-refractivity contribution in [2.24, 2.45) is 17.0 Å². The number of hydrogen-bond donors (Lipinski definition) is 1. The summed E-state index contributed by atoms with van der Waals surface area (Å²) in [6.45, 7) is 5.58. The molecule has 1 N–H and O–H groups in total. The Morgan fingerprint density at radius 2 is 2.31 bits per heavy atom. The number of rotatable bonds is 2. The second kappa shape index (κ2) is 3.66. The Kier molecular flexibility index (Phi) is 2.54. The molecule has 0 amide bonds. The van der Waals surface area contributed by atoms with Crippen LogP contribution in [-0.4, -0.2) is 35.5 Å². The van der Waals surface area contributed by atoms with Crippen molar-refractivity contribution in [1.29, 1.82) is 0 Å². The zero-order chi connectivity index (χ0) is 9.26. The largest absolute Gasteiger partial charge is 0.411 e. The second-order valence-electron chi connectivity index (χ2n) is 4.45. The van der Waals surface area contributed by atoms with Crippen LogP contribution in [-0.2, 0) is 0 Å². The highest BCUT2D eigenvalue weighted by Crippen LogP contribution is 2.30. The summed E-state index contributed by atoms with van der Waals surface area (Å²) in [6.07, 6.45) is 3.79. The van der Waals surface area contributed by atoms with Gasteiger partial charge < -0.3 is 10.1 Å². The van der Waals surface area contributed by atoms with Gasteiger partial charge in [-0.3, -0.25) is 0 Å². The molecule has 3 nitrogen and oxygen atoms in total. The van der Waals surface area contributed by atoms with Crippen LogP contribution in [0.5, 0.6) is 0 Å². The Bertz CT molecular complexity index is 211. The van der Waals surface area contributed by atoms with Crippen molar-refractivity contribution in [3.63, 3.8) is 0 Å². The Balaban J connectivity index is 1.83. The summed E-state index contributed by atoms with van der Waals surface area (Å²) in [5.41, 5.74) is 0.979. The molecule has 1 aliphatic heterocycles. The fraction of sp³-hybridized carbons (Fsp3) is 0.900. The van der Waals surface area contributed by atoms with E-state index in [0.717, 1.165) is 31.1 Å². The molecule has 2 aliphatic rings. The molecular formula is C10H18N2O. The van der Waals surface area contributed by atoms with Crippen molar-refractivity contribution in [1.82, 2.24) is 4.90 Å². The van der Waals surface area contributed by atoms with E-state index in [-0.39, 0.29) is 0 Å². The smallest absolute Gasteiger partial charge is 0.0624 e. The van der Waals surface area contributed by atoms with Crippen LogP contribution < -0.4 is 0 Å². The second-order valence-corrected chi connectivity index (χ2v) is 4.45. The van der Waals surface area contributed by atoms with Gasteiger partial charge in [-0.25, -0.2) is 0 Å². The van der Waals surface area contributed by atoms with Crippen LogP contribution in [0.25, 0.3) is 0 Å². The van der Waals surface area contributed by atoms with Crippen LogP contribution in [0, 0.1) is 11.8 Å². The van der Waals surface area contributed by atoms with Gasteiger partial charge in [0.2, 0.25) is 0 Å². The van der Waals surface area contributed by atoms with Crippen molar-refractivity contribution < 1.29 is 5.21 Å². The molecule has 0 aromatic heterocycles. The summed E-state index contributed by atoms with van der Waals surface area (Å²) in [6, 6.07) is 0. The minimum atomic E-state index is 0.442. The number of piperidine rings is 1. The summed E-state index contributed by atoms with van der Waals surface area (Å²) in [5, 5.41) is 12.1. The van der Waals surface area contributed by atoms with Crippen LogP contribution in [0.2, 0.25) is 0 Å². The van der Waals surface area contributed by atoms with E-state index < -0.39 is 0 Å². The molecule has 1 atom stereocenters. The molecular weight excluding hydrogens is 164 g/mol. The molecule has 2 rings (SSSR count). The number of oxime groups is 1. The van der Waals surface area contributed by atoms with Gasteiger partial charge in [0.05, 0.1) is 5.71 Å². The Hall–Kier alpha value is -0.570. The van der Waals surface area contributed by atoms with E-state index in [1.54, 1.807) is 0 Å². The minimum absolute atomic E-state index is 0.442. The zero-order valence-corrected chi connectivity index (χ0v) is 8.24. The van der Waals surface area contributed by atoms with Crippen LogP contribution in [0.1, 0.15) is 26.2 Å². The van der Waals surface area contributed by atoms with E-state index >= 15 is 0 Å². The highest BCUT2D eigenvalue weighted by Gasteiger charge is 2.28. The van der Waals surface area contributed by atoms with Gasteiger partial charge in [-0.1, -0.05) is 12.1 Å². The van der Waals surface area contributed by atoms with Gasteiger partial charge in [0.25, 0.3) is 0 Å². The van der Waals surface area contributed by atoms with E-state index in [0.29, 0.717) is 5.92 Å². The number of nitrogens with zero attached hydrogens (tertiary/aromatic N) is 2. The average molecular weight is 182 g/mol. The molecule has 0 radical (unpaired) electrons. The normalized spacial score (nSPS) is 33.9. The van der Waals surface area contributed by atoms with Crippen molar-refractivity contribution in [3.05, 3.63) is 0 Å². The maximum Gasteiger partial charge on any atom is 0.0624 e. The first-order valence-corrected chi connectivity index (χ1v) is 5.22. The van der Waals surface area contributed by atoms with Crippen LogP contribution in [0.4, 0.5) is 0 Å². The lowest BCUT2D eigenvalue weighted by Crippen LogP contribution is -2.40. The van der Waals surface area contributed by atoms with E-state index in [2.05, 4.69) is 17.0 Å². The molecule has 2 fully saturated rings. The Morgan fingerprint density at radius 3 is 2.85 bits per heavy atom. The first kappa shape index (κ1) is 9.00. The summed E-state index contributed by atoms with van der Waals surface area (Å²) in [4.78, 5) is 2.51. The van der Waals surface area contributed by atoms with Gasteiger partial charge in [0.1, 0.15) is 0 Å². The van der Waals surface area contributed by atoms with Gasteiger partial charge in [-0.05, 0) is 18.8 Å². The Labute approximate surface area is 79.4 Å². The Morgan fingerprint density at radius 1 is 1.54 bits per heavy atom. The molecule has 3 heteroatoms. The highest BCUT2D eigenvalue weighted by atomic mass is 16.4. The number of hydrogen-bond acceptors (Lipinski definition) is 3. The third-order valence-corrected chi connectivity index (χ3v) is 3.13. The maximum absolute atomic E-state index is 8.71. The van der Waals surface area contributed by atoms with Crippen molar-refractivity contribution in [3.8, 4) is 0 Å². The van der Waals surface area contributed by atoms with Gasteiger partial charge in [-0.15, -0.1) is 0 Å². The summed E-state index contributed by atoms with van der Waals surface area (Å²) in [7, 11) is 0. The monoisotopic (exact) mass is 182 g/mol. The van der Waals surface area contributed by atoms with Gasteiger partial charge >= 0.3 is 0 Å². The van der Waals surface area contributed by atoms with Gasteiger partial charge in [0, 0.05) is 32.0 Å². The molecule has 0 aromatic rings. The quantitative estimate of drug-likeness (QED) is 0.519. The average Bonchev–Trinajstić information content (AvgIpc) is 2.89. The van der Waals surface area contributed by atoms with E-state index in [4.69, 9.17) is 5.21 Å². The van der Waals surface area contributed by atoms with Gasteiger partial charge in [0.15, 0.2) is 0 Å². The van der Waals surface area contributed by atoms with Gasteiger partial charge in [-0.2, -0.15) is 0 Å². The highest BCUT2D eigenvalue weighted by molar-refractivity contribution is 5.86.